The number of aliphatic imine (C=N–C) groups is 1. The van der Waals surface area contributed by atoms with Gasteiger partial charge < -0.3 is 0 Å². The Labute approximate surface area is 101 Å². The summed E-state index contributed by atoms with van der Waals surface area (Å²) < 4.78 is 0.220. The molecule has 0 aliphatic heterocycles. The number of nitrogens with zero attached hydrogens (tertiary/aromatic N) is 2. The lowest BCUT2D eigenvalue weighted by atomic mass is 10.0. The number of thioether (sulfide) groups is 2. The molecule has 0 aromatic rings. The molecule has 0 bridgehead atoms. The second-order valence-electron chi connectivity index (χ2n) is 3.16. The lowest BCUT2D eigenvalue weighted by Gasteiger charge is -2.27. The zero-order chi connectivity index (χ0) is 11.7. The first-order chi connectivity index (χ1) is 7.17. The highest BCUT2D eigenvalue weighted by Crippen LogP contribution is 2.30. The van der Waals surface area contributed by atoms with Crippen LogP contribution in [-0.4, -0.2) is 29.0 Å². The number of nitrogens with one attached hydrogen (secondary N) is 1. The summed E-state index contributed by atoms with van der Waals surface area (Å²) in [7, 11) is 0. The molecule has 0 heterocycles. The van der Waals surface area contributed by atoms with Crippen LogP contribution in [0.2, 0.25) is 0 Å². The van der Waals surface area contributed by atoms with Gasteiger partial charge in [0.05, 0.1) is 6.54 Å². The Balaban J connectivity index is 4.48. The summed E-state index contributed by atoms with van der Waals surface area (Å²) in [6.45, 7) is 5.14. The quantitative estimate of drug-likeness (QED) is 0.350. The van der Waals surface area contributed by atoms with Crippen LogP contribution in [-0.2, 0) is 0 Å². The van der Waals surface area contributed by atoms with Crippen molar-refractivity contribution in [2.24, 2.45) is 4.99 Å². The maximum atomic E-state index is 8.51. The topological polar surface area (TPSA) is 48.2 Å². The Morgan fingerprint density at radius 1 is 1.40 bits per heavy atom. The fourth-order valence-corrected chi connectivity index (χ4v) is 2.36. The Hall–Kier alpha value is -0.340. The van der Waals surface area contributed by atoms with Crippen LogP contribution < -0.4 is 5.32 Å². The van der Waals surface area contributed by atoms with Crippen LogP contribution in [0.1, 0.15) is 26.7 Å². The van der Waals surface area contributed by atoms with E-state index < -0.39 is 0 Å². The molecule has 86 valence electrons. The van der Waals surface area contributed by atoms with E-state index in [1.807, 2.05) is 24.2 Å². The van der Waals surface area contributed by atoms with Gasteiger partial charge in [-0.3, -0.25) is 10.3 Å². The first-order valence-corrected chi connectivity index (χ1v) is 7.41. The van der Waals surface area contributed by atoms with Crippen LogP contribution in [0.4, 0.5) is 0 Å². The molecule has 3 nitrogen and oxygen atoms in total. The van der Waals surface area contributed by atoms with Crippen molar-refractivity contribution in [2.75, 3.05) is 19.1 Å². The van der Waals surface area contributed by atoms with Crippen LogP contribution in [0.5, 0.6) is 0 Å². The van der Waals surface area contributed by atoms with E-state index >= 15 is 0 Å². The maximum absolute atomic E-state index is 8.51. The molecule has 0 rings (SSSR count). The summed E-state index contributed by atoms with van der Waals surface area (Å²) in [6.07, 6.45) is 8.14. The predicted molar refractivity (Wildman–Crippen MR) is 71.4 cm³/mol. The normalized spacial score (nSPS) is 12.3. The van der Waals surface area contributed by atoms with E-state index in [-0.39, 0.29) is 4.75 Å². The van der Waals surface area contributed by atoms with Crippen LogP contribution in [0, 0.1) is 11.5 Å². The van der Waals surface area contributed by atoms with Gasteiger partial charge >= 0.3 is 0 Å². The third kappa shape index (κ3) is 4.80. The molecule has 15 heavy (non-hydrogen) atoms. The van der Waals surface area contributed by atoms with Crippen LogP contribution >= 0.6 is 23.5 Å². The van der Waals surface area contributed by atoms with E-state index in [1.165, 1.54) is 11.8 Å². The molecule has 0 saturated carbocycles. The minimum atomic E-state index is 0.220. The van der Waals surface area contributed by atoms with Gasteiger partial charge in [0.15, 0.2) is 11.4 Å². The fraction of sp³-hybridized carbons (Fsp3) is 0.800. The van der Waals surface area contributed by atoms with Gasteiger partial charge in [0.1, 0.15) is 0 Å². The molecule has 0 atom stereocenters. The molecule has 0 aromatic carbocycles. The number of hydrogen-bond acceptors (Lipinski definition) is 4. The molecular formula is C10H19N3S2. The highest BCUT2D eigenvalue weighted by Gasteiger charge is 2.24. The molecule has 0 aromatic heterocycles. The Morgan fingerprint density at radius 3 is 2.33 bits per heavy atom. The molecule has 0 saturated heterocycles. The molecular weight excluding hydrogens is 226 g/mol. The zero-order valence-corrected chi connectivity index (χ0v) is 11.5. The second kappa shape index (κ2) is 7.89. The summed E-state index contributed by atoms with van der Waals surface area (Å²) in [5, 5.41) is 11.8. The molecule has 0 unspecified atom stereocenters. The third-order valence-electron chi connectivity index (χ3n) is 2.59. The monoisotopic (exact) mass is 245 g/mol. The van der Waals surface area contributed by atoms with Crippen LogP contribution in [0.3, 0.4) is 0 Å². The van der Waals surface area contributed by atoms with E-state index in [0.717, 1.165) is 19.4 Å². The lowest BCUT2D eigenvalue weighted by Crippen LogP contribution is -2.28. The van der Waals surface area contributed by atoms with Gasteiger partial charge in [-0.15, -0.1) is 0 Å². The van der Waals surface area contributed by atoms with Crippen molar-refractivity contribution in [3.05, 3.63) is 0 Å². The third-order valence-corrected chi connectivity index (χ3v) is 4.78. The van der Waals surface area contributed by atoms with Gasteiger partial charge in [-0.05, 0) is 25.4 Å². The molecule has 5 heteroatoms. The van der Waals surface area contributed by atoms with Gasteiger partial charge in [-0.25, -0.2) is 0 Å². The molecule has 0 aliphatic rings. The second-order valence-corrected chi connectivity index (χ2v) is 5.23. The number of amidine groups is 1. The average molecular weight is 245 g/mol. The number of rotatable bonds is 5. The SMILES string of the molecule is CCC(CC)(CN=C(NC#N)SC)SC. The Morgan fingerprint density at radius 2 is 2.00 bits per heavy atom. The van der Waals surface area contributed by atoms with Crippen molar-refractivity contribution >= 4 is 28.7 Å². The van der Waals surface area contributed by atoms with Gasteiger partial charge in [-0.1, -0.05) is 25.6 Å². The molecule has 1 N–H and O–H groups in total. The molecule has 0 aliphatic carbocycles. The van der Waals surface area contributed by atoms with Crippen molar-refractivity contribution in [1.29, 1.82) is 5.26 Å². The minimum Gasteiger partial charge on any atom is -0.272 e. The van der Waals surface area contributed by atoms with Crippen molar-refractivity contribution in [3.8, 4) is 6.19 Å². The highest BCUT2D eigenvalue weighted by atomic mass is 32.2. The summed E-state index contributed by atoms with van der Waals surface area (Å²) in [5.41, 5.74) is 0. The van der Waals surface area contributed by atoms with Crippen molar-refractivity contribution in [1.82, 2.24) is 5.32 Å². The summed E-state index contributed by atoms with van der Waals surface area (Å²) in [6, 6.07) is 0. The van der Waals surface area contributed by atoms with E-state index in [2.05, 4.69) is 30.4 Å². The Kier molecular flexibility index (Phi) is 7.71. The first kappa shape index (κ1) is 14.7. The average Bonchev–Trinajstić information content (AvgIpc) is 2.30. The van der Waals surface area contributed by atoms with Crippen LogP contribution in [0.25, 0.3) is 0 Å². The zero-order valence-electron chi connectivity index (χ0n) is 9.83. The summed E-state index contributed by atoms with van der Waals surface area (Å²) in [4.78, 5) is 4.44. The predicted octanol–water partition coefficient (Wildman–Crippen LogP) is 2.70. The summed E-state index contributed by atoms with van der Waals surface area (Å²) in [5.74, 6) is 0. The van der Waals surface area contributed by atoms with Gasteiger partial charge in [0.25, 0.3) is 0 Å². The smallest absolute Gasteiger partial charge is 0.183 e. The van der Waals surface area contributed by atoms with Crippen LogP contribution in [0.15, 0.2) is 4.99 Å². The standard InChI is InChI=1S/C10H19N3S2/c1-5-10(6-2,15-4)7-12-9(14-3)13-8-11/h5-7H2,1-4H3,(H,12,13). The van der Waals surface area contributed by atoms with E-state index in [0.29, 0.717) is 5.17 Å². The van der Waals surface area contributed by atoms with Gasteiger partial charge in [0.2, 0.25) is 0 Å². The van der Waals surface area contributed by atoms with Crippen molar-refractivity contribution in [2.45, 2.75) is 31.4 Å². The van der Waals surface area contributed by atoms with E-state index in [4.69, 9.17) is 5.26 Å². The van der Waals surface area contributed by atoms with Gasteiger partial charge in [0, 0.05) is 4.75 Å². The first-order valence-electron chi connectivity index (χ1n) is 4.96. The largest absolute Gasteiger partial charge is 0.272 e. The molecule has 0 fully saturated rings. The van der Waals surface area contributed by atoms with Crippen molar-refractivity contribution in [3.63, 3.8) is 0 Å². The van der Waals surface area contributed by atoms with Crippen molar-refractivity contribution < 1.29 is 0 Å². The molecule has 0 amide bonds. The van der Waals surface area contributed by atoms with Gasteiger partial charge in [-0.2, -0.15) is 17.0 Å². The van der Waals surface area contributed by atoms with E-state index in [1.54, 1.807) is 0 Å². The maximum Gasteiger partial charge on any atom is 0.183 e. The number of hydrogen-bond donors (Lipinski definition) is 1. The lowest BCUT2D eigenvalue weighted by molar-refractivity contribution is 0.561. The van der Waals surface area contributed by atoms with E-state index in [9.17, 15) is 0 Å². The molecule has 0 spiro atoms. The molecule has 0 radical (unpaired) electrons. The fourth-order valence-electron chi connectivity index (χ4n) is 1.25. The summed E-state index contributed by atoms with van der Waals surface area (Å²) >= 11 is 3.33. The Bertz CT molecular complexity index is 233. The highest BCUT2D eigenvalue weighted by molar-refractivity contribution is 8.13. The number of nitriles is 1. The minimum absolute atomic E-state index is 0.220.